The smallest absolute Gasteiger partial charge is 0.0838 e. The molecule has 1 unspecified atom stereocenters. The predicted octanol–water partition coefficient (Wildman–Crippen LogP) is 5.00. The third-order valence-electron chi connectivity index (χ3n) is 3.93. The van der Waals surface area contributed by atoms with E-state index in [2.05, 4.69) is 69.1 Å². The minimum atomic E-state index is -0.453. The Hall–Kier alpha value is -1.45. The van der Waals surface area contributed by atoms with E-state index in [4.69, 9.17) is 0 Å². The molecule has 0 saturated heterocycles. The molecule has 1 N–H and O–H groups in total. The summed E-state index contributed by atoms with van der Waals surface area (Å²) in [7, 11) is 2.09. The van der Waals surface area contributed by atoms with Gasteiger partial charge in [0.25, 0.3) is 0 Å². The molecule has 1 aliphatic rings. The van der Waals surface area contributed by atoms with Crippen molar-refractivity contribution in [3.8, 4) is 0 Å². The molecule has 3 heteroatoms. The summed E-state index contributed by atoms with van der Waals surface area (Å²) >= 11 is 1.78. The highest BCUT2D eigenvalue weighted by Gasteiger charge is 2.26. The van der Waals surface area contributed by atoms with E-state index in [-0.39, 0.29) is 5.41 Å². The molecule has 110 valence electrons. The standard InChI is InChI=1S/C18H21NOS/c1-18(2,3)17(20)12-9-10-14-16(11-12)21-15-8-6-5-7-13(15)19(14)4/h5-11,17,20H,1-4H3. The van der Waals surface area contributed by atoms with Crippen LogP contribution in [0.5, 0.6) is 0 Å². The zero-order chi connectivity index (χ0) is 15.2. The Morgan fingerprint density at radius 1 is 1.00 bits per heavy atom. The second-order valence-corrected chi connectivity index (χ2v) is 7.71. The minimum absolute atomic E-state index is 0.155. The summed E-state index contributed by atoms with van der Waals surface area (Å²) < 4.78 is 0. The van der Waals surface area contributed by atoms with Crippen LogP contribution in [0.1, 0.15) is 32.4 Å². The van der Waals surface area contributed by atoms with Gasteiger partial charge in [-0.05, 0) is 35.2 Å². The Bertz CT molecular complexity index is 675. The lowest BCUT2D eigenvalue weighted by molar-refractivity contribution is 0.0625. The van der Waals surface area contributed by atoms with E-state index >= 15 is 0 Å². The number of hydrogen-bond acceptors (Lipinski definition) is 3. The molecule has 0 amide bonds. The Morgan fingerprint density at radius 3 is 2.38 bits per heavy atom. The Balaban J connectivity index is 2.03. The number of aliphatic hydroxyl groups is 1. The molecule has 2 aromatic rings. The molecule has 21 heavy (non-hydrogen) atoms. The zero-order valence-corrected chi connectivity index (χ0v) is 13.7. The van der Waals surface area contributed by atoms with Crippen LogP contribution in [0.2, 0.25) is 0 Å². The molecule has 0 saturated carbocycles. The fourth-order valence-corrected chi connectivity index (χ4v) is 3.83. The molecule has 3 rings (SSSR count). The molecule has 0 aromatic heterocycles. The summed E-state index contributed by atoms with van der Waals surface area (Å²) in [6, 6.07) is 14.7. The van der Waals surface area contributed by atoms with E-state index < -0.39 is 6.10 Å². The minimum Gasteiger partial charge on any atom is -0.388 e. The van der Waals surface area contributed by atoms with Crippen LogP contribution in [0.15, 0.2) is 52.3 Å². The van der Waals surface area contributed by atoms with Gasteiger partial charge < -0.3 is 10.0 Å². The summed E-state index contributed by atoms with van der Waals surface area (Å²) in [5.41, 5.74) is 3.27. The number of anilines is 2. The van der Waals surface area contributed by atoms with Crippen LogP contribution in [-0.4, -0.2) is 12.2 Å². The number of hydrogen-bond donors (Lipinski definition) is 1. The molecule has 0 fully saturated rings. The van der Waals surface area contributed by atoms with E-state index in [1.54, 1.807) is 11.8 Å². The summed E-state index contributed by atoms with van der Waals surface area (Å²) in [5, 5.41) is 10.5. The molecule has 2 aromatic carbocycles. The molecule has 2 nitrogen and oxygen atoms in total. The van der Waals surface area contributed by atoms with Gasteiger partial charge in [0, 0.05) is 16.8 Å². The first-order valence-electron chi connectivity index (χ1n) is 7.20. The molecule has 0 radical (unpaired) electrons. The third-order valence-corrected chi connectivity index (χ3v) is 5.04. The first-order chi connectivity index (χ1) is 9.88. The van der Waals surface area contributed by atoms with Gasteiger partial charge >= 0.3 is 0 Å². The SMILES string of the molecule is CN1c2ccccc2Sc2cc(C(O)C(C)(C)C)ccc21. The maximum Gasteiger partial charge on any atom is 0.0838 e. The first kappa shape index (κ1) is 14.5. The molecule has 0 spiro atoms. The summed E-state index contributed by atoms with van der Waals surface area (Å²) in [6.45, 7) is 6.18. The van der Waals surface area contributed by atoms with Crippen molar-refractivity contribution in [3.05, 3.63) is 48.0 Å². The molecular weight excluding hydrogens is 278 g/mol. The lowest BCUT2D eigenvalue weighted by Crippen LogP contribution is -2.19. The van der Waals surface area contributed by atoms with Gasteiger partial charge in [-0.1, -0.05) is 50.7 Å². The van der Waals surface area contributed by atoms with Crippen molar-refractivity contribution in [2.75, 3.05) is 11.9 Å². The fourth-order valence-electron chi connectivity index (χ4n) is 2.63. The number of para-hydroxylation sites is 1. The van der Waals surface area contributed by atoms with Crippen molar-refractivity contribution in [2.45, 2.75) is 36.7 Å². The summed E-state index contributed by atoms with van der Waals surface area (Å²) in [4.78, 5) is 4.68. The average Bonchev–Trinajstić information content (AvgIpc) is 2.45. The molecule has 0 bridgehead atoms. The number of aliphatic hydroxyl groups excluding tert-OH is 1. The molecule has 1 aliphatic heterocycles. The van der Waals surface area contributed by atoms with Gasteiger partial charge in [-0.2, -0.15) is 0 Å². The molecule has 0 aliphatic carbocycles. The van der Waals surface area contributed by atoms with Crippen LogP contribution < -0.4 is 4.90 Å². The second-order valence-electron chi connectivity index (χ2n) is 6.62. The molecule has 1 heterocycles. The normalized spacial score (nSPS) is 15.4. The van der Waals surface area contributed by atoms with Gasteiger partial charge in [0.1, 0.15) is 0 Å². The number of benzene rings is 2. The lowest BCUT2D eigenvalue weighted by atomic mass is 9.85. The van der Waals surface area contributed by atoms with Crippen LogP contribution in [0.25, 0.3) is 0 Å². The number of fused-ring (bicyclic) bond motifs is 2. The largest absolute Gasteiger partial charge is 0.388 e. The predicted molar refractivity (Wildman–Crippen MR) is 89.5 cm³/mol. The van der Waals surface area contributed by atoms with Crippen LogP contribution in [-0.2, 0) is 0 Å². The number of nitrogens with zero attached hydrogens (tertiary/aromatic N) is 1. The van der Waals surface area contributed by atoms with Crippen molar-refractivity contribution in [1.29, 1.82) is 0 Å². The maximum absolute atomic E-state index is 10.5. The van der Waals surface area contributed by atoms with Crippen LogP contribution in [0, 0.1) is 5.41 Å². The van der Waals surface area contributed by atoms with Crippen LogP contribution in [0.3, 0.4) is 0 Å². The van der Waals surface area contributed by atoms with Crippen molar-refractivity contribution in [1.82, 2.24) is 0 Å². The van der Waals surface area contributed by atoms with E-state index in [0.717, 1.165) is 5.56 Å². The lowest BCUT2D eigenvalue weighted by Gasteiger charge is -2.31. The topological polar surface area (TPSA) is 23.5 Å². The van der Waals surface area contributed by atoms with Gasteiger partial charge in [-0.3, -0.25) is 0 Å². The van der Waals surface area contributed by atoms with E-state index in [1.807, 2.05) is 6.07 Å². The molecule has 1 atom stereocenters. The van der Waals surface area contributed by atoms with Crippen molar-refractivity contribution >= 4 is 23.1 Å². The monoisotopic (exact) mass is 299 g/mol. The Kier molecular flexibility index (Phi) is 3.50. The summed E-state index contributed by atoms with van der Waals surface area (Å²) in [6.07, 6.45) is -0.453. The average molecular weight is 299 g/mol. The highest BCUT2D eigenvalue weighted by Crippen LogP contribution is 2.48. The van der Waals surface area contributed by atoms with Gasteiger partial charge in [0.2, 0.25) is 0 Å². The number of rotatable bonds is 1. The zero-order valence-electron chi connectivity index (χ0n) is 12.9. The van der Waals surface area contributed by atoms with E-state index in [1.165, 1.54) is 21.2 Å². The third kappa shape index (κ3) is 2.56. The fraction of sp³-hybridized carbons (Fsp3) is 0.333. The van der Waals surface area contributed by atoms with Gasteiger partial charge in [0.05, 0.1) is 17.5 Å². The molecular formula is C18H21NOS. The Labute approximate surface area is 130 Å². The quantitative estimate of drug-likeness (QED) is 0.801. The summed E-state index contributed by atoms with van der Waals surface area (Å²) in [5.74, 6) is 0. The van der Waals surface area contributed by atoms with E-state index in [0.29, 0.717) is 0 Å². The highest BCUT2D eigenvalue weighted by molar-refractivity contribution is 7.99. The van der Waals surface area contributed by atoms with Gasteiger partial charge in [0.15, 0.2) is 0 Å². The first-order valence-corrected chi connectivity index (χ1v) is 8.02. The van der Waals surface area contributed by atoms with Crippen molar-refractivity contribution in [3.63, 3.8) is 0 Å². The van der Waals surface area contributed by atoms with Crippen molar-refractivity contribution < 1.29 is 5.11 Å². The maximum atomic E-state index is 10.5. The second kappa shape index (κ2) is 5.08. The Morgan fingerprint density at radius 2 is 1.67 bits per heavy atom. The highest BCUT2D eigenvalue weighted by atomic mass is 32.2. The van der Waals surface area contributed by atoms with Crippen molar-refractivity contribution in [2.24, 2.45) is 5.41 Å². The van der Waals surface area contributed by atoms with Crippen LogP contribution >= 0.6 is 11.8 Å². The van der Waals surface area contributed by atoms with Gasteiger partial charge in [-0.15, -0.1) is 0 Å². The van der Waals surface area contributed by atoms with Gasteiger partial charge in [-0.25, -0.2) is 0 Å². The van der Waals surface area contributed by atoms with E-state index in [9.17, 15) is 5.11 Å². The van der Waals surface area contributed by atoms with Crippen LogP contribution in [0.4, 0.5) is 11.4 Å².